The first-order chi connectivity index (χ1) is 8.79. The summed E-state index contributed by atoms with van der Waals surface area (Å²) in [5.74, 6) is 4.12. The zero-order valence-corrected chi connectivity index (χ0v) is 10.4. The molecule has 2 N–H and O–H groups in total. The van der Waals surface area contributed by atoms with Crippen LogP contribution in [0.2, 0.25) is 0 Å². The maximum absolute atomic E-state index is 5.49. The minimum Gasteiger partial charge on any atom is -0.481 e. The molecule has 0 radical (unpaired) electrons. The van der Waals surface area contributed by atoms with Crippen molar-refractivity contribution in [1.29, 1.82) is 0 Å². The monoisotopic (exact) mass is 243 g/mol. The van der Waals surface area contributed by atoms with E-state index in [0.717, 1.165) is 23.8 Å². The highest BCUT2D eigenvalue weighted by atomic mass is 16.5. The Balaban J connectivity index is 1.94. The molecule has 1 aromatic carbocycles. The van der Waals surface area contributed by atoms with Gasteiger partial charge in [0, 0.05) is 18.2 Å². The first-order valence-corrected chi connectivity index (χ1v) is 5.98. The summed E-state index contributed by atoms with van der Waals surface area (Å²) in [6, 6.07) is 8.24. The van der Waals surface area contributed by atoms with Crippen LogP contribution in [0.3, 0.4) is 0 Å². The molecule has 4 heteroatoms. The van der Waals surface area contributed by atoms with Crippen LogP contribution in [-0.4, -0.2) is 25.2 Å². The standard InChI is InChI=1S/C14H17N3O/c1-3-8-18-13-7-5-4-6-12(13)10-16-14-15-9-11(2)17-14/h1,4-7,11H,8-10H2,2H3,(H2,15,16,17). The SMILES string of the molecule is C#CCOc1ccccc1CNC1=NCC(C)N1. The van der Waals surface area contributed by atoms with Gasteiger partial charge in [0.2, 0.25) is 0 Å². The number of nitrogens with one attached hydrogen (secondary N) is 2. The van der Waals surface area contributed by atoms with Crippen molar-refractivity contribution >= 4 is 5.96 Å². The second kappa shape index (κ2) is 5.97. The summed E-state index contributed by atoms with van der Waals surface area (Å²) in [4.78, 5) is 4.34. The average Bonchev–Trinajstić information content (AvgIpc) is 2.81. The fraction of sp³-hybridized carbons (Fsp3) is 0.357. The molecule has 0 fully saturated rings. The molecule has 0 aliphatic carbocycles. The van der Waals surface area contributed by atoms with Gasteiger partial charge in [-0.2, -0.15) is 0 Å². The second-order valence-corrected chi connectivity index (χ2v) is 4.19. The fourth-order valence-electron chi connectivity index (χ4n) is 1.75. The third kappa shape index (κ3) is 3.17. The van der Waals surface area contributed by atoms with E-state index < -0.39 is 0 Å². The Kier molecular flexibility index (Phi) is 4.08. The predicted molar refractivity (Wildman–Crippen MR) is 72.5 cm³/mol. The topological polar surface area (TPSA) is 45.6 Å². The quantitative estimate of drug-likeness (QED) is 0.779. The Morgan fingerprint density at radius 2 is 2.39 bits per heavy atom. The highest BCUT2D eigenvalue weighted by molar-refractivity contribution is 5.81. The Morgan fingerprint density at radius 3 is 3.11 bits per heavy atom. The van der Waals surface area contributed by atoms with Crippen LogP contribution in [0.15, 0.2) is 29.3 Å². The van der Waals surface area contributed by atoms with Gasteiger partial charge in [-0.25, -0.2) is 0 Å². The molecule has 0 saturated heterocycles. The molecule has 0 saturated carbocycles. The lowest BCUT2D eigenvalue weighted by Gasteiger charge is -2.12. The van der Waals surface area contributed by atoms with Gasteiger partial charge in [-0.3, -0.25) is 4.99 Å². The van der Waals surface area contributed by atoms with Crippen LogP contribution in [0.1, 0.15) is 12.5 Å². The zero-order chi connectivity index (χ0) is 12.8. The first kappa shape index (κ1) is 12.3. The highest BCUT2D eigenvalue weighted by Gasteiger charge is 2.12. The largest absolute Gasteiger partial charge is 0.481 e. The fourth-order valence-corrected chi connectivity index (χ4v) is 1.75. The molecule has 1 aliphatic rings. The van der Waals surface area contributed by atoms with E-state index in [2.05, 4.69) is 28.5 Å². The number of guanidine groups is 1. The molecular weight excluding hydrogens is 226 g/mol. The molecule has 1 heterocycles. The number of nitrogens with zero attached hydrogens (tertiary/aromatic N) is 1. The highest BCUT2D eigenvalue weighted by Crippen LogP contribution is 2.17. The number of benzene rings is 1. The number of para-hydroxylation sites is 1. The number of terminal acetylenes is 1. The lowest BCUT2D eigenvalue weighted by Crippen LogP contribution is -2.37. The van der Waals surface area contributed by atoms with Crippen molar-refractivity contribution in [3.63, 3.8) is 0 Å². The number of ether oxygens (including phenoxy) is 1. The molecule has 1 aromatic rings. The van der Waals surface area contributed by atoms with E-state index in [1.54, 1.807) is 0 Å². The van der Waals surface area contributed by atoms with Gasteiger partial charge in [-0.15, -0.1) is 6.42 Å². The van der Waals surface area contributed by atoms with Gasteiger partial charge >= 0.3 is 0 Å². The summed E-state index contributed by atoms with van der Waals surface area (Å²) in [7, 11) is 0. The minimum absolute atomic E-state index is 0.285. The third-order valence-corrected chi connectivity index (χ3v) is 2.64. The van der Waals surface area contributed by atoms with Gasteiger partial charge in [0.15, 0.2) is 5.96 Å². The number of hydrogen-bond acceptors (Lipinski definition) is 4. The van der Waals surface area contributed by atoms with E-state index in [-0.39, 0.29) is 6.61 Å². The maximum Gasteiger partial charge on any atom is 0.191 e. The van der Waals surface area contributed by atoms with Crippen molar-refractivity contribution in [3.8, 4) is 18.1 Å². The molecule has 0 spiro atoms. The van der Waals surface area contributed by atoms with E-state index in [1.807, 2.05) is 24.3 Å². The van der Waals surface area contributed by atoms with E-state index in [4.69, 9.17) is 11.2 Å². The minimum atomic E-state index is 0.285. The molecular formula is C14H17N3O. The molecule has 1 unspecified atom stereocenters. The van der Waals surface area contributed by atoms with Gasteiger partial charge in [0.1, 0.15) is 12.4 Å². The normalized spacial score (nSPS) is 17.6. The Labute approximate surface area is 107 Å². The van der Waals surface area contributed by atoms with Crippen LogP contribution < -0.4 is 15.4 Å². The van der Waals surface area contributed by atoms with Crippen molar-refractivity contribution in [1.82, 2.24) is 10.6 Å². The van der Waals surface area contributed by atoms with Crippen molar-refractivity contribution in [2.24, 2.45) is 4.99 Å². The van der Waals surface area contributed by atoms with Crippen molar-refractivity contribution in [2.75, 3.05) is 13.2 Å². The molecule has 0 amide bonds. The Morgan fingerprint density at radius 1 is 1.56 bits per heavy atom. The van der Waals surface area contributed by atoms with Crippen LogP contribution in [0.5, 0.6) is 5.75 Å². The Hall–Kier alpha value is -2.15. The van der Waals surface area contributed by atoms with Crippen molar-refractivity contribution < 1.29 is 4.74 Å². The molecule has 18 heavy (non-hydrogen) atoms. The van der Waals surface area contributed by atoms with Crippen LogP contribution in [0.4, 0.5) is 0 Å². The van der Waals surface area contributed by atoms with Crippen LogP contribution in [-0.2, 0) is 6.54 Å². The summed E-state index contributed by atoms with van der Waals surface area (Å²) in [6.45, 7) is 3.87. The van der Waals surface area contributed by atoms with Gasteiger partial charge in [-0.1, -0.05) is 24.1 Å². The number of aliphatic imine (C=N–C) groups is 1. The van der Waals surface area contributed by atoms with Gasteiger partial charge in [0.05, 0.1) is 6.54 Å². The molecule has 94 valence electrons. The van der Waals surface area contributed by atoms with Crippen LogP contribution >= 0.6 is 0 Å². The molecule has 1 aliphatic heterocycles. The van der Waals surface area contributed by atoms with Crippen LogP contribution in [0, 0.1) is 12.3 Å². The van der Waals surface area contributed by atoms with Gasteiger partial charge < -0.3 is 15.4 Å². The first-order valence-electron chi connectivity index (χ1n) is 5.98. The smallest absolute Gasteiger partial charge is 0.191 e. The molecule has 0 bridgehead atoms. The van der Waals surface area contributed by atoms with E-state index in [1.165, 1.54) is 0 Å². The zero-order valence-electron chi connectivity index (χ0n) is 10.4. The summed E-state index contributed by atoms with van der Waals surface area (Å²) in [6.07, 6.45) is 5.20. The molecule has 1 atom stereocenters. The van der Waals surface area contributed by atoms with Crippen molar-refractivity contribution in [3.05, 3.63) is 29.8 Å². The van der Waals surface area contributed by atoms with Crippen LogP contribution in [0.25, 0.3) is 0 Å². The van der Waals surface area contributed by atoms with Gasteiger partial charge in [-0.05, 0) is 13.0 Å². The van der Waals surface area contributed by atoms with Gasteiger partial charge in [0.25, 0.3) is 0 Å². The number of hydrogen-bond donors (Lipinski definition) is 2. The average molecular weight is 243 g/mol. The van der Waals surface area contributed by atoms with E-state index in [9.17, 15) is 0 Å². The number of rotatable bonds is 4. The maximum atomic E-state index is 5.49. The second-order valence-electron chi connectivity index (χ2n) is 4.19. The third-order valence-electron chi connectivity index (χ3n) is 2.64. The summed E-state index contributed by atoms with van der Waals surface area (Å²) >= 11 is 0. The molecule has 0 aromatic heterocycles. The lowest BCUT2D eigenvalue weighted by atomic mass is 10.2. The molecule has 4 nitrogen and oxygen atoms in total. The Bertz CT molecular complexity index is 476. The lowest BCUT2D eigenvalue weighted by molar-refractivity contribution is 0.365. The van der Waals surface area contributed by atoms with E-state index in [0.29, 0.717) is 12.6 Å². The van der Waals surface area contributed by atoms with Crippen molar-refractivity contribution in [2.45, 2.75) is 19.5 Å². The predicted octanol–water partition coefficient (Wildman–Crippen LogP) is 1.14. The summed E-state index contributed by atoms with van der Waals surface area (Å²) in [5, 5.41) is 6.50. The summed E-state index contributed by atoms with van der Waals surface area (Å²) < 4.78 is 5.49. The summed E-state index contributed by atoms with van der Waals surface area (Å²) in [5.41, 5.74) is 1.07. The molecule has 2 rings (SSSR count). The van der Waals surface area contributed by atoms with E-state index >= 15 is 0 Å².